The Hall–Kier alpha value is -4.98. The number of allylic oxidation sites excluding steroid dienone is 4. The van der Waals surface area contributed by atoms with Gasteiger partial charge in [-0.25, -0.2) is 4.79 Å². The van der Waals surface area contributed by atoms with Crippen LogP contribution in [0, 0.1) is 0 Å². The van der Waals surface area contributed by atoms with Crippen LogP contribution >= 0.6 is 0 Å². The van der Waals surface area contributed by atoms with E-state index in [0.717, 1.165) is 82.6 Å². The summed E-state index contributed by atoms with van der Waals surface area (Å²) in [4.78, 5) is 63.6. The van der Waals surface area contributed by atoms with Gasteiger partial charge in [-0.05, 0) is 88.8 Å². The lowest BCUT2D eigenvalue weighted by Gasteiger charge is -2.29. The first kappa shape index (κ1) is 60.3. The van der Waals surface area contributed by atoms with E-state index in [-0.39, 0.29) is 68.8 Å². The second-order valence-corrected chi connectivity index (χ2v) is 19.4. The van der Waals surface area contributed by atoms with Crippen molar-refractivity contribution in [1.29, 1.82) is 0 Å². The van der Waals surface area contributed by atoms with E-state index >= 15 is 0 Å². The molecule has 3 aromatic rings. The highest BCUT2D eigenvalue weighted by atomic mass is 16.6. The lowest BCUT2D eigenvalue weighted by molar-refractivity contribution is -0.171. The number of carbonyl (C=O) groups is 3. The smallest absolute Gasteiger partial charge is 0.328 e. The summed E-state index contributed by atoms with van der Waals surface area (Å²) in [6, 6.07) is 6.91. The minimum absolute atomic E-state index is 0.0306. The third kappa shape index (κ3) is 26.9. The van der Waals surface area contributed by atoms with Gasteiger partial charge >= 0.3 is 23.6 Å². The minimum atomic E-state index is -1.12. The maximum atomic E-state index is 13.3. The maximum absolute atomic E-state index is 13.3. The average Bonchev–Trinajstić information content (AvgIpc) is 3.67. The summed E-state index contributed by atoms with van der Waals surface area (Å²) in [7, 11) is 1.55. The van der Waals surface area contributed by atoms with Crippen LogP contribution in [0.5, 0.6) is 6.01 Å². The Bertz CT molecular complexity index is 2030. The predicted octanol–water partition coefficient (Wildman–Crippen LogP) is 12.8. The Labute approximate surface area is 426 Å². The molecule has 2 aromatic heterocycles. The summed E-state index contributed by atoms with van der Waals surface area (Å²) >= 11 is 0. The number of nitrogen functional groups attached to an aromatic ring is 1. The molecule has 0 radical (unpaired) electrons. The largest absolute Gasteiger partial charge is 0.461 e. The Morgan fingerprint density at radius 2 is 1.20 bits per heavy atom. The van der Waals surface area contributed by atoms with Crippen LogP contribution in [-0.2, 0) is 30.3 Å². The summed E-state index contributed by atoms with van der Waals surface area (Å²) in [5.41, 5.74) is 6.31. The van der Waals surface area contributed by atoms with E-state index in [4.69, 9.17) is 24.7 Å². The quantitative estimate of drug-likeness (QED) is 0.0278. The second-order valence-electron chi connectivity index (χ2n) is 19.4. The molecule has 0 saturated carbocycles. The molecule has 71 heavy (non-hydrogen) atoms. The zero-order valence-corrected chi connectivity index (χ0v) is 44.3. The zero-order valence-electron chi connectivity index (χ0n) is 44.3. The topological polar surface area (TPSA) is 190 Å². The number of rotatable bonds is 43. The standard InChI is InChI=1S/C57H92N6O8/c1-5-7-9-11-13-15-17-19-21-23-25-27-29-31-33-35-49(64)70-46-57(3,71-50(65)36-34-32-30-28-26-24-22-20-18-16-14-12-10-8-6-2)41-42-59-54(66)48-39-37-47(38-40-48)45-63-53-51(60-56(63)67)52(58)61-55(62-53)69-44-43-68-4/h19-22,37-40H,5-18,23-36,41-46H2,1-4H3,(H,59,66)(H,60,67)(H2,58,61,62). The third-order valence-electron chi connectivity index (χ3n) is 12.8. The Balaban J connectivity index is 1.46. The first-order valence-electron chi connectivity index (χ1n) is 27.5. The first-order valence-corrected chi connectivity index (χ1v) is 27.5. The number of unbranched alkanes of at least 4 members (excludes halogenated alkanes) is 22. The van der Waals surface area contributed by atoms with E-state index in [1.54, 1.807) is 38.3 Å². The number of benzene rings is 1. The van der Waals surface area contributed by atoms with Crippen LogP contribution in [0.15, 0.2) is 53.4 Å². The number of carbonyl (C=O) groups excluding carboxylic acids is 3. The molecule has 1 amide bonds. The highest BCUT2D eigenvalue weighted by Crippen LogP contribution is 2.22. The average molecular weight is 989 g/mol. The van der Waals surface area contributed by atoms with Crippen molar-refractivity contribution < 1.29 is 33.3 Å². The predicted molar refractivity (Wildman–Crippen MR) is 287 cm³/mol. The van der Waals surface area contributed by atoms with Crippen LogP contribution in [0.25, 0.3) is 11.2 Å². The molecule has 4 N–H and O–H groups in total. The van der Waals surface area contributed by atoms with Crippen molar-refractivity contribution in [2.24, 2.45) is 0 Å². The van der Waals surface area contributed by atoms with Gasteiger partial charge in [0.15, 0.2) is 11.5 Å². The van der Waals surface area contributed by atoms with Crippen LogP contribution in [0.4, 0.5) is 5.82 Å². The second kappa shape index (κ2) is 37.7. The van der Waals surface area contributed by atoms with E-state index in [1.165, 1.54) is 94.5 Å². The molecular weight excluding hydrogens is 897 g/mol. The molecule has 1 aromatic carbocycles. The summed E-state index contributed by atoms with van der Waals surface area (Å²) < 4.78 is 23.7. The van der Waals surface area contributed by atoms with Gasteiger partial charge in [0.2, 0.25) is 0 Å². The molecule has 2 heterocycles. The summed E-state index contributed by atoms with van der Waals surface area (Å²) in [5.74, 6) is -0.879. The van der Waals surface area contributed by atoms with Gasteiger partial charge < -0.3 is 35.0 Å². The molecular formula is C57H92N6O8. The molecule has 398 valence electrons. The number of nitrogens with two attached hydrogens (primary N) is 1. The number of nitrogens with one attached hydrogen (secondary N) is 2. The van der Waals surface area contributed by atoms with Crippen molar-refractivity contribution in [2.45, 2.75) is 219 Å². The summed E-state index contributed by atoms with van der Waals surface area (Å²) in [6.07, 6.45) is 40.7. The number of aromatic amines is 1. The van der Waals surface area contributed by atoms with Gasteiger partial charge in [-0.2, -0.15) is 9.97 Å². The van der Waals surface area contributed by atoms with Crippen molar-refractivity contribution in [1.82, 2.24) is 24.8 Å². The molecule has 0 spiro atoms. The molecule has 0 saturated heterocycles. The number of fused-ring (bicyclic) bond motifs is 1. The van der Waals surface area contributed by atoms with Gasteiger partial charge in [0.25, 0.3) is 5.91 Å². The number of hydrogen-bond acceptors (Lipinski definition) is 11. The van der Waals surface area contributed by atoms with E-state index in [0.29, 0.717) is 29.8 Å². The summed E-state index contributed by atoms with van der Waals surface area (Å²) in [6.45, 7) is 7.07. The molecule has 14 heteroatoms. The van der Waals surface area contributed by atoms with Crippen LogP contribution < -0.4 is 21.5 Å². The summed E-state index contributed by atoms with van der Waals surface area (Å²) in [5, 5.41) is 2.94. The van der Waals surface area contributed by atoms with Gasteiger partial charge in [-0.15, -0.1) is 0 Å². The number of esters is 2. The molecule has 1 atom stereocenters. The fraction of sp³-hybridized carbons (Fsp3) is 0.684. The Morgan fingerprint density at radius 1 is 0.690 bits per heavy atom. The van der Waals surface area contributed by atoms with Crippen LogP contribution in [0.2, 0.25) is 0 Å². The number of H-pyrrole nitrogens is 1. The fourth-order valence-corrected chi connectivity index (χ4v) is 8.41. The minimum Gasteiger partial charge on any atom is -0.461 e. The Morgan fingerprint density at radius 3 is 1.73 bits per heavy atom. The van der Waals surface area contributed by atoms with Gasteiger partial charge in [-0.1, -0.05) is 153 Å². The fourth-order valence-electron chi connectivity index (χ4n) is 8.41. The van der Waals surface area contributed by atoms with Crippen LogP contribution in [0.1, 0.15) is 223 Å². The van der Waals surface area contributed by atoms with Gasteiger partial charge in [0.05, 0.1) is 13.2 Å². The number of methoxy groups -OCH3 is 1. The molecule has 14 nitrogen and oxygen atoms in total. The highest BCUT2D eigenvalue weighted by molar-refractivity contribution is 5.94. The third-order valence-corrected chi connectivity index (χ3v) is 12.8. The number of anilines is 1. The van der Waals surface area contributed by atoms with Gasteiger partial charge in [0.1, 0.15) is 24.3 Å². The van der Waals surface area contributed by atoms with Crippen molar-refractivity contribution >= 4 is 34.8 Å². The molecule has 3 rings (SSSR count). The molecule has 0 aliphatic carbocycles. The first-order chi connectivity index (χ1) is 34.6. The normalized spacial score (nSPS) is 12.5. The molecule has 0 fully saturated rings. The highest BCUT2D eigenvalue weighted by Gasteiger charge is 2.31. The van der Waals surface area contributed by atoms with Gasteiger partial charge in [-0.3, -0.25) is 19.0 Å². The number of hydrogen-bond donors (Lipinski definition) is 3. The Kier molecular flexibility index (Phi) is 32.1. The van der Waals surface area contributed by atoms with E-state index in [1.807, 2.05) is 0 Å². The number of imidazole rings is 1. The SMILES string of the molecule is CCCCCCCCC=CCCCCCCCC(=O)OCC(C)(CCNC(=O)c1ccc(Cn2c(=O)[nH]c3c(N)nc(OCCOC)nc32)cc1)OC(=O)CCCCCCCC=CCCCCCCCC. The van der Waals surface area contributed by atoms with Crippen molar-refractivity contribution in [3.05, 3.63) is 70.2 Å². The number of nitrogens with zero attached hydrogens (tertiary/aromatic N) is 3. The number of amides is 1. The number of ether oxygens (including phenoxy) is 4. The van der Waals surface area contributed by atoms with Crippen LogP contribution in [-0.4, -0.2) is 76.4 Å². The van der Waals surface area contributed by atoms with Crippen molar-refractivity contribution in [3.63, 3.8) is 0 Å². The van der Waals surface area contributed by atoms with Crippen LogP contribution in [0.3, 0.4) is 0 Å². The number of aromatic nitrogens is 4. The van der Waals surface area contributed by atoms with E-state index in [2.05, 4.69) is 58.4 Å². The van der Waals surface area contributed by atoms with Gasteiger partial charge in [0, 0.05) is 38.5 Å². The van der Waals surface area contributed by atoms with Crippen molar-refractivity contribution in [2.75, 3.05) is 39.2 Å². The molecule has 0 aliphatic rings. The monoisotopic (exact) mass is 989 g/mol. The molecule has 0 bridgehead atoms. The lowest BCUT2D eigenvalue weighted by Crippen LogP contribution is -2.41. The van der Waals surface area contributed by atoms with Crippen molar-refractivity contribution in [3.8, 4) is 6.01 Å². The molecule has 0 aliphatic heterocycles. The zero-order chi connectivity index (χ0) is 51.2. The maximum Gasteiger partial charge on any atom is 0.328 e. The molecule has 1 unspecified atom stereocenters. The van der Waals surface area contributed by atoms with E-state index in [9.17, 15) is 19.2 Å². The lowest BCUT2D eigenvalue weighted by atomic mass is 10.0. The van der Waals surface area contributed by atoms with E-state index < -0.39 is 11.3 Å².